The normalized spacial score (nSPS) is 12.3. The molecule has 1 rings (SSSR count). The maximum absolute atomic E-state index is 13.4. The van der Waals surface area contributed by atoms with Gasteiger partial charge in [-0.3, -0.25) is 4.79 Å². The van der Waals surface area contributed by atoms with E-state index in [0.717, 1.165) is 12.1 Å². The van der Waals surface area contributed by atoms with E-state index >= 15 is 0 Å². The molecule has 0 aromatic heterocycles. The van der Waals surface area contributed by atoms with Crippen LogP contribution in [0.2, 0.25) is 0 Å². The summed E-state index contributed by atoms with van der Waals surface area (Å²) in [5.74, 6) is -1.86. The molecule has 0 fully saturated rings. The molecule has 0 aliphatic heterocycles. The van der Waals surface area contributed by atoms with Crippen LogP contribution in [0.5, 0.6) is 0 Å². The fourth-order valence-corrected chi connectivity index (χ4v) is 1.77. The van der Waals surface area contributed by atoms with Crippen molar-refractivity contribution in [2.24, 2.45) is 0 Å². The van der Waals surface area contributed by atoms with Gasteiger partial charge in [-0.2, -0.15) is 0 Å². The van der Waals surface area contributed by atoms with Crippen molar-refractivity contribution in [2.45, 2.75) is 18.7 Å². The van der Waals surface area contributed by atoms with E-state index in [4.69, 9.17) is 11.6 Å². The molecule has 0 amide bonds. The molecule has 1 unspecified atom stereocenters. The maximum atomic E-state index is 13.4. The molecule has 1 atom stereocenters. The number of esters is 1. The zero-order chi connectivity index (χ0) is 13.0. The number of carbonyl (C=O) groups is 1. The Morgan fingerprint density at radius 3 is 2.71 bits per heavy atom. The fraction of sp³-hybridized carbons (Fsp3) is 0.364. The van der Waals surface area contributed by atoms with Crippen LogP contribution in [0.1, 0.15) is 12.5 Å². The molecule has 0 saturated heterocycles. The summed E-state index contributed by atoms with van der Waals surface area (Å²) >= 11 is 8.59. The van der Waals surface area contributed by atoms with E-state index in [1.165, 1.54) is 0 Å². The largest absolute Gasteiger partial charge is 0.465 e. The molecule has 0 N–H and O–H groups in total. The van der Waals surface area contributed by atoms with E-state index < -0.39 is 23.0 Å². The predicted octanol–water partition coefficient (Wildman–Crippen LogP) is 3.44. The average Bonchev–Trinajstić information content (AvgIpc) is 2.26. The molecule has 17 heavy (non-hydrogen) atoms. The molecule has 1 aromatic rings. The zero-order valence-corrected chi connectivity index (χ0v) is 11.3. The van der Waals surface area contributed by atoms with Gasteiger partial charge in [-0.25, -0.2) is 8.78 Å². The van der Waals surface area contributed by atoms with Gasteiger partial charge >= 0.3 is 5.97 Å². The summed E-state index contributed by atoms with van der Waals surface area (Å²) in [6, 6.07) is 2.01. The Kier molecular flexibility index (Phi) is 5.33. The van der Waals surface area contributed by atoms with Crippen molar-refractivity contribution in [2.75, 3.05) is 6.61 Å². The summed E-state index contributed by atoms with van der Waals surface area (Å²) in [4.78, 5) is 11.2. The van der Waals surface area contributed by atoms with Crippen LogP contribution < -0.4 is 0 Å². The first-order valence-corrected chi connectivity index (χ1v) is 6.12. The molecule has 1 aromatic carbocycles. The van der Waals surface area contributed by atoms with Gasteiger partial charge in [0.2, 0.25) is 0 Å². The van der Waals surface area contributed by atoms with Gasteiger partial charge in [0.1, 0.15) is 17.0 Å². The van der Waals surface area contributed by atoms with Crippen molar-refractivity contribution in [1.29, 1.82) is 0 Å². The lowest BCUT2D eigenvalue weighted by Gasteiger charge is -2.10. The lowest BCUT2D eigenvalue weighted by Crippen LogP contribution is -2.20. The number of hydrogen-bond acceptors (Lipinski definition) is 2. The SMILES string of the molecule is CCOC(=O)C(Cl)Cc1cc(F)c(Br)cc1F. The highest BCUT2D eigenvalue weighted by atomic mass is 79.9. The third-order valence-electron chi connectivity index (χ3n) is 2.03. The van der Waals surface area contributed by atoms with E-state index in [1.54, 1.807) is 6.92 Å². The monoisotopic (exact) mass is 326 g/mol. The summed E-state index contributed by atoms with van der Waals surface area (Å²) in [5.41, 5.74) is 0.0405. The molecule has 0 radical (unpaired) electrons. The molecule has 94 valence electrons. The number of halogens is 4. The van der Waals surface area contributed by atoms with Gasteiger partial charge in [-0.05, 0) is 40.5 Å². The van der Waals surface area contributed by atoms with Gasteiger partial charge < -0.3 is 4.74 Å². The van der Waals surface area contributed by atoms with E-state index in [0.29, 0.717) is 0 Å². The van der Waals surface area contributed by atoms with Gasteiger partial charge in [0, 0.05) is 6.42 Å². The molecule has 0 aliphatic carbocycles. The Morgan fingerprint density at radius 2 is 2.12 bits per heavy atom. The van der Waals surface area contributed by atoms with Crippen LogP contribution >= 0.6 is 27.5 Å². The minimum absolute atomic E-state index is 0.0287. The second-order valence-corrected chi connectivity index (χ2v) is 4.66. The minimum Gasteiger partial charge on any atom is -0.465 e. The quantitative estimate of drug-likeness (QED) is 0.481. The standard InChI is InChI=1S/C11H10BrClF2O2/c1-2-17-11(16)8(13)3-6-4-10(15)7(12)5-9(6)14/h4-5,8H,2-3H2,1H3. The van der Waals surface area contributed by atoms with E-state index in [2.05, 4.69) is 20.7 Å². The zero-order valence-electron chi connectivity index (χ0n) is 8.97. The number of alkyl halides is 1. The van der Waals surface area contributed by atoms with Crippen molar-refractivity contribution in [3.05, 3.63) is 33.8 Å². The van der Waals surface area contributed by atoms with Crippen LogP contribution in [-0.2, 0) is 16.0 Å². The molecule has 0 aliphatic rings. The summed E-state index contributed by atoms with van der Waals surface area (Å²) in [6.45, 7) is 1.83. The van der Waals surface area contributed by atoms with E-state index in [9.17, 15) is 13.6 Å². The minimum atomic E-state index is -1.02. The van der Waals surface area contributed by atoms with Crippen molar-refractivity contribution < 1.29 is 18.3 Å². The highest BCUT2D eigenvalue weighted by Crippen LogP contribution is 2.22. The molecule has 6 heteroatoms. The molecule has 0 spiro atoms. The number of rotatable bonds is 4. The molecule has 2 nitrogen and oxygen atoms in total. The van der Waals surface area contributed by atoms with Crippen molar-refractivity contribution >= 4 is 33.5 Å². The highest BCUT2D eigenvalue weighted by Gasteiger charge is 2.20. The fourth-order valence-electron chi connectivity index (χ4n) is 1.23. The third kappa shape index (κ3) is 3.92. The van der Waals surface area contributed by atoms with Crippen LogP contribution in [0.3, 0.4) is 0 Å². The second kappa shape index (κ2) is 6.31. The molecular weight excluding hydrogens is 317 g/mol. The Hall–Kier alpha value is -0.680. The Morgan fingerprint density at radius 1 is 1.47 bits per heavy atom. The van der Waals surface area contributed by atoms with Gasteiger partial charge in [0.05, 0.1) is 11.1 Å². The topological polar surface area (TPSA) is 26.3 Å². The van der Waals surface area contributed by atoms with Gasteiger partial charge in [-0.15, -0.1) is 11.6 Å². The van der Waals surface area contributed by atoms with E-state index in [-0.39, 0.29) is 23.1 Å². The summed E-state index contributed by atoms with van der Waals surface area (Å²) in [6.07, 6.45) is -0.115. The van der Waals surface area contributed by atoms with Crippen molar-refractivity contribution in [1.82, 2.24) is 0 Å². The Bertz CT molecular complexity index is 426. The first-order chi connectivity index (χ1) is 7.95. The van der Waals surface area contributed by atoms with Gasteiger partial charge in [-0.1, -0.05) is 0 Å². The predicted molar refractivity (Wildman–Crippen MR) is 64.0 cm³/mol. The highest BCUT2D eigenvalue weighted by molar-refractivity contribution is 9.10. The first kappa shape index (κ1) is 14.4. The summed E-state index contributed by atoms with van der Waals surface area (Å²) < 4.78 is 31.3. The Labute approximate surface area is 111 Å². The maximum Gasteiger partial charge on any atom is 0.324 e. The molecule has 0 heterocycles. The number of hydrogen-bond donors (Lipinski definition) is 0. The lowest BCUT2D eigenvalue weighted by molar-refractivity contribution is -0.142. The van der Waals surface area contributed by atoms with E-state index in [1.807, 2.05) is 0 Å². The second-order valence-electron chi connectivity index (χ2n) is 3.28. The molecule has 0 saturated carbocycles. The Balaban J connectivity index is 2.81. The van der Waals surface area contributed by atoms with Crippen LogP contribution in [0, 0.1) is 11.6 Å². The average molecular weight is 328 g/mol. The first-order valence-electron chi connectivity index (χ1n) is 4.89. The molecular formula is C11H10BrClF2O2. The summed E-state index contributed by atoms with van der Waals surface area (Å²) in [7, 11) is 0. The number of ether oxygens (including phenoxy) is 1. The van der Waals surface area contributed by atoms with Crippen LogP contribution in [0.4, 0.5) is 8.78 Å². The smallest absolute Gasteiger partial charge is 0.324 e. The van der Waals surface area contributed by atoms with Gasteiger partial charge in [0.25, 0.3) is 0 Å². The third-order valence-corrected chi connectivity index (χ3v) is 2.97. The van der Waals surface area contributed by atoms with Gasteiger partial charge in [0.15, 0.2) is 0 Å². The number of carbonyl (C=O) groups excluding carboxylic acids is 1. The molecule has 0 bridgehead atoms. The van der Waals surface area contributed by atoms with Crippen LogP contribution in [-0.4, -0.2) is 18.0 Å². The summed E-state index contributed by atoms with van der Waals surface area (Å²) in [5, 5.41) is -1.02. The van der Waals surface area contributed by atoms with Crippen LogP contribution in [0.25, 0.3) is 0 Å². The van der Waals surface area contributed by atoms with Crippen molar-refractivity contribution in [3.8, 4) is 0 Å². The lowest BCUT2D eigenvalue weighted by atomic mass is 10.1. The number of benzene rings is 1. The van der Waals surface area contributed by atoms with Crippen molar-refractivity contribution in [3.63, 3.8) is 0 Å². The van der Waals surface area contributed by atoms with Crippen LogP contribution in [0.15, 0.2) is 16.6 Å².